The van der Waals surface area contributed by atoms with Gasteiger partial charge in [-0.05, 0) is 12.1 Å². The zero-order chi connectivity index (χ0) is 9.97. The quantitative estimate of drug-likeness (QED) is 0.675. The smallest absolute Gasteiger partial charge is 0.155 e. The Morgan fingerprint density at radius 3 is 2.86 bits per heavy atom. The lowest BCUT2D eigenvalue weighted by molar-refractivity contribution is 0.112. The second-order valence-electron chi connectivity index (χ2n) is 2.88. The number of rotatable bonds is 2. The molecule has 0 aliphatic heterocycles. The minimum absolute atomic E-state index is 0.478. The van der Waals surface area contributed by atoms with Gasteiger partial charge in [0.2, 0.25) is 0 Å². The van der Waals surface area contributed by atoms with Gasteiger partial charge in [0, 0.05) is 11.6 Å². The van der Waals surface area contributed by atoms with E-state index in [0.717, 1.165) is 17.2 Å². The van der Waals surface area contributed by atoms with Crippen LogP contribution in [0.25, 0.3) is 10.9 Å². The van der Waals surface area contributed by atoms with Gasteiger partial charge in [0.25, 0.3) is 0 Å². The fourth-order valence-electron chi connectivity index (χ4n) is 1.44. The molecule has 0 N–H and O–H groups in total. The SMILES string of the molecule is COc1c(C=O)cnc2ccccc12. The summed E-state index contributed by atoms with van der Waals surface area (Å²) < 4.78 is 5.18. The molecule has 0 aliphatic carbocycles. The lowest BCUT2D eigenvalue weighted by Gasteiger charge is -2.06. The van der Waals surface area contributed by atoms with Crippen LogP contribution >= 0.6 is 0 Å². The second-order valence-corrected chi connectivity index (χ2v) is 2.88. The number of methoxy groups -OCH3 is 1. The molecule has 0 saturated carbocycles. The number of aromatic nitrogens is 1. The molecule has 2 rings (SSSR count). The van der Waals surface area contributed by atoms with Gasteiger partial charge in [0.1, 0.15) is 5.75 Å². The van der Waals surface area contributed by atoms with Crippen molar-refractivity contribution in [1.82, 2.24) is 4.98 Å². The summed E-state index contributed by atoms with van der Waals surface area (Å²) in [6, 6.07) is 7.55. The van der Waals surface area contributed by atoms with Gasteiger partial charge in [-0.15, -0.1) is 0 Å². The first-order chi connectivity index (χ1) is 6.86. The molecule has 0 fully saturated rings. The van der Waals surface area contributed by atoms with Gasteiger partial charge in [0.05, 0.1) is 18.2 Å². The molecule has 0 radical (unpaired) electrons. The van der Waals surface area contributed by atoms with Crippen LogP contribution in [0.5, 0.6) is 5.75 Å². The van der Waals surface area contributed by atoms with Crippen molar-refractivity contribution in [2.75, 3.05) is 7.11 Å². The number of nitrogens with zero attached hydrogens (tertiary/aromatic N) is 1. The summed E-state index contributed by atoms with van der Waals surface area (Å²) in [7, 11) is 1.55. The van der Waals surface area contributed by atoms with E-state index in [1.54, 1.807) is 7.11 Å². The van der Waals surface area contributed by atoms with E-state index in [2.05, 4.69) is 4.98 Å². The Balaban J connectivity index is 2.83. The summed E-state index contributed by atoms with van der Waals surface area (Å²) >= 11 is 0. The van der Waals surface area contributed by atoms with Crippen molar-refractivity contribution in [3.05, 3.63) is 36.0 Å². The molecular formula is C11H9NO2. The molecule has 3 nitrogen and oxygen atoms in total. The van der Waals surface area contributed by atoms with Crippen LogP contribution in [0.2, 0.25) is 0 Å². The highest BCUT2D eigenvalue weighted by Gasteiger charge is 2.07. The van der Waals surface area contributed by atoms with Crippen LogP contribution in [-0.4, -0.2) is 18.4 Å². The number of aldehydes is 1. The molecule has 1 aromatic carbocycles. The summed E-state index contributed by atoms with van der Waals surface area (Å²) in [5.74, 6) is 0.589. The van der Waals surface area contributed by atoms with Gasteiger partial charge in [-0.25, -0.2) is 0 Å². The zero-order valence-corrected chi connectivity index (χ0v) is 7.73. The maximum atomic E-state index is 10.7. The first-order valence-corrected chi connectivity index (χ1v) is 4.23. The summed E-state index contributed by atoms with van der Waals surface area (Å²) in [4.78, 5) is 14.9. The molecule has 70 valence electrons. The van der Waals surface area contributed by atoms with Crippen LogP contribution in [0, 0.1) is 0 Å². The number of carbonyl (C=O) groups excluding carboxylic acids is 1. The van der Waals surface area contributed by atoms with Gasteiger partial charge < -0.3 is 4.74 Å². The molecule has 0 spiro atoms. The Kier molecular flexibility index (Phi) is 2.14. The number of hydrogen-bond donors (Lipinski definition) is 0. The molecule has 2 aromatic rings. The van der Waals surface area contributed by atoms with E-state index in [0.29, 0.717) is 11.3 Å². The van der Waals surface area contributed by atoms with Crippen molar-refractivity contribution in [2.45, 2.75) is 0 Å². The normalized spacial score (nSPS) is 10.1. The molecule has 0 unspecified atom stereocenters. The predicted molar refractivity (Wildman–Crippen MR) is 53.7 cm³/mol. The van der Waals surface area contributed by atoms with Crippen LogP contribution in [0.15, 0.2) is 30.5 Å². The van der Waals surface area contributed by atoms with Crippen molar-refractivity contribution in [3.8, 4) is 5.75 Å². The summed E-state index contributed by atoms with van der Waals surface area (Å²) in [6.07, 6.45) is 2.27. The molecule has 3 heteroatoms. The third kappa shape index (κ3) is 1.23. The fourth-order valence-corrected chi connectivity index (χ4v) is 1.44. The van der Waals surface area contributed by atoms with Gasteiger partial charge in [-0.3, -0.25) is 9.78 Å². The molecule has 0 atom stereocenters. The third-order valence-corrected chi connectivity index (χ3v) is 2.08. The Labute approximate surface area is 81.3 Å². The van der Waals surface area contributed by atoms with E-state index in [1.165, 1.54) is 6.20 Å². The highest BCUT2D eigenvalue weighted by atomic mass is 16.5. The monoisotopic (exact) mass is 187 g/mol. The summed E-state index contributed by atoms with van der Waals surface area (Å²) in [5, 5.41) is 0.861. The van der Waals surface area contributed by atoms with Crippen molar-refractivity contribution < 1.29 is 9.53 Å². The number of ether oxygens (including phenoxy) is 1. The molecule has 0 saturated heterocycles. The summed E-state index contributed by atoms with van der Waals surface area (Å²) in [6.45, 7) is 0. The molecule has 1 aromatic heterocycles. The molecule has 14 heavy (non-hydrogen) atoms. The Morgan fingerprint density at radius 1 is 1.36 bits per heavy atom. The molecule has 1 heterocycles. The Bertz CT molecular complexity index is 480. The molecule has 0 aliphatic rings. The largest absolute Gasteiger partial charge is 0.495 e. The van der Waals surface area contributed by atoms with Crippen LogP contribution in [0.1, 0.15) is 10.4 Å². The van der Waals surface area contributed by atoms with Gasteiger partial charge >= 0.3 is 0 Å². The van der Waals surface area contributed by atoms with E-state index < -0.39 is 0 Å². The average Bonchev–Trinajstić information content (AvgIpc) is 2.27. The zero-order valence-electron chi connectivity index (χ0n) is 7.73. The highest BCUT2D eigenvalue weighted by molar-refractivity contribution is 5.93. The molecule has 0 bridgehead atoms. The van der Waals surface area contributed by atoms with E-state index in [-0.39, 0.29) is 0 Å². The highest BCUT2D eigenvalue weighted by Crippen LogP contribution is 2.26. The van der Waals surface area contributed by atoms with Gasteiger partial charge in [-0.1, -0.05) is 12.1 Å². The number of para-hydroxylation sites is 1. The minimum Gasteiger partial charge on any atom is -0.495 e. The van der Waals surface area contributed by atoms with Crippen LogP contribution in [0.4, 0.5) is 0 Å². The first-order valence-electron chi connectivity index (χ1n) is 4.23. The Morgan fingerprint density at radius 2 is 2.14 bits per heavy atom. The summed E-state index contributed by atoms with van der Waals surface area (Å²) in [5.41, 5.74) is 1.31. The van der Waals surface area contributed by atoms with Crippen molar-refractivity contribution >= 4 is 17.2 Å². The van der Waals surface area contributed by atoms with E-state index in [9.17, 15) is 4.79 Å². The van der Waals surface area contributed by atoms with E-state index in [4.69, 9.17) is 4.74 Å². The number of hydrogen-bond acceptors (Lipinski definition) is 3. The topological polar surface area (TPSA) is 39.2 Å². The standard InChI is InChI=1S/C11H9NO2/c1-14-11-8(7-13)6-12-10-5-3-2-4-9(10)11/h2-7H,1H3. The van der Waals surface area contributed by atoms with Gasteiger partial charge in [0.15, 0.2) is 6.29 Å². The lowest BCUT2D eigenvalue weighted by atomic mass is 10.1. The van der Waals surface area contributed by atoms with Crippen LogP contribution in [0.3, 0.4) is 0 Å². The fraction of sp³-hybridized carbons (Fsp3) is 0.0909. The van der Waals surface area contributed by atoms with Crippen molar-refractivity contribution in [2.24, 2.45) is 0 Å². The number of fused-ring (bicyclic) bond motifs is 1. The Hall–Kier alpha value is -1.90. The number of pyridine rings is 1. The number of carbonyl (C=O) groups is 1. The molecular weight excluding hydrogens is 178 g/mol. The van der Waals surface area contributed by atoms with Gasteiger partial charge in [-0.2, -0.15) is 0 Å². The predicted octanol–water partition coefficient (Wildman–Crippen LogP) is 2.06. The number of benzene rings is 1. The maximum absolute atomic E-state index is 10.7. The van der Waals surface area contributed by atoms with E-state index >= 15 is 0 Å². The lowest BCUT2D eigenvalue weighted by Crippen LogP contribution is -1.93. The maximum Gasteiger partial charge on any atom is 0.155 e. The van der Waals surface area contributed by atoms with Crippen LogP contribution in [-0.2, 0) is 0 Å². The van der Waals surface area contributed by atoms with E-state index in [1.807, 2.05) is 24.3 Å². The molecule has 0 amide bonds. The second kappa shape index (κ2) is 3.46. The first kappa shape index (κ1) is 8.69. The third-order valence-electron chi connectivity index (χ3n) is 2.08. The average molecular weight is 187 g/mol. The minimum atomic E-state index is 0.478. The van der Waals surface area contributed by atoms with Crippen LogP contribution < -0.4 is 4.74 Å². The van der Waals surface area contributed by atoms with Crippen molar-refractivity contribution in [1.29, 1.82) is 0 Å². The van der Waals surface area contributed by atoms with Crippen molar-refractivity contribution in [3.63, 3.8) is 0 Å².